The van der Waals surface area contributed by atoms with E-state index < -0.39 is 0 Å². The predicted octanol–water partition coefficient (Wildman–Crippen LogP) is 13.9. The lowest BCUT2D eigenvalue weighted by molar-refractivity contribution is 0.103. The molecule has 0 saturated carbocycles. The van der Waals surface area contributed by atoms with Gasteiger partial charge in [0, 0.05) is 11.1 Å². The number of carbonyl (C=O) groups is 1. The van der Waals surface area contributed by atoms with E-state index in [0.29, 0.717) is 41.0 Å². The van der Waals surface area contributed by atoms with Crippen LogP contribution in [0.5, 0.6) is 34.5 Å². The number of hydrogen-bond acceptors (Lipinski definition) is 6. The van der Waals surface area contributed by atoms with Crippen molar-refractivity contribution in [1.82, 2.24) is 0 Å². The van der Waals surface area contributed by atoms with Gasteiger partial charge in [-0.2, -0.15) is 5.26 Å². The highest BCUT2D eigenvalue weighted by molar-refractivity contribution is 6.09. The molecule has 0 radical (unpaired) electrons. The van der Waals surface area contributed by atoms with Crippen molar-refractivity contribution in [3.05, 3.63) is 216 Å². The molecule has 0 unspecified atom stereocenters. The van der Waals surface area contributed by atoms with E-state index in [0.717, 1.165) is 90.8 Å². The molecule has 62 heavy (non-hydrogen) atoms. The van der Waals surface area contributed by atoms with Crippen molar-refractivity contribution >= 4 is 27.3 Å². The molecule has 0 atom stereocenters. The van der Waals surface area contributed by atoms with Gasteiger partial charge in [0.05, 0.1) is 19.8 Å². The summed E-state index contributed by atoms with van der Waals surface area (Å²) in [5, 5.41) is 13.8. The van der Waals surface area contributed by atoms with Crippen molar-refractivity contribution in [2.45, 2.75) is 39.5 Å². The van der Waals surface area contributed by atoms with Crippen molar-refractivity contribution in [1.29, 1.82) is 5.26 Å². The van der Waals surface area contributed by atoms with E-state index in [9.17, 15) is 10.1 Å². The number of aryl methyl sites for hydroxylation is 2. The maximum Gasteiger partial charge on any atom is 0.193 e. The number of fused-ring (bicyclic) bond motifs is 2. The van der Waals surface area contributed by atoms with Crippen LogP contribution in [-0.2, 0) is 25.7 Å². The Morgan fingerprint density at radius 2 is 0.935 bits per heavy atom. The molecule has 0 aromatic heterocycles. The topological polar surface area (TPSA) is 77.8 Å². The van der Waals surface area contributed by atoms with Crippen LogP contribution in [-0.4, -0.2) is 20.0 Å². The second-order valence-electron chi connectivity index (χ2n) is 14.9. The molecule has 0 fully saturated rings. The minimum Gasteiger partial charge on any atom is -0.496 e. The minimum absolute atomic E-state index is 0.00621. The maximum absolute atomic E-state index is 12.8. The molecule has 0 aliphatic heterocycles. The SMILES string of the molecule is C=CCc1cc2cc(Oc3ccc(C(=O)c4ccc(C)cc4)cc3)c(CC=C)cc2cc1OC.C=CCc1cc2cc(Oc3cccc(C)c3C#N)c(CC=C)cc2cc1OC. The number of nitriles is 1. The molecular formula is C56H51NO5. The second kappa shape index (κ2) is 20.6. The van der Waals surface area contributed by atoms with Gasteiger partial charge in [0.1, 0.15) is 40.6 Å². The summed E-state index contributed by atoms with van der Waals surface area (Å²) in [6, 6.07) is 39.3. The van der Waals surface area contributed by atoms with Crippen LogP contribution in [0.4, 0.5) is 0 Å². The lowest BCUT2D eigenvalue weighted by atomic mass is 9.99. The molecule has 0 aliphatic rings. The van der Waals surface area contributed by atoms with Crippen molar-refractivity contribution in [2.24, 2.45) is 0 Å². The Bertz CT molecular complexity index is 2830. The van der Waals surface area contributed by atoms with Crippen molar-refractivity contribution in [3.8, 4) is 40.6 Å². The molecule has 6 nitrogen and oxygen atoms in total. The van der Waals surface area contributed by atoms with Gasteiger partial charge < -0.3 is 18.9 Å². The predicted molar refractivity (Wildman–Crippen MR) is 254 cm³/mol. The van der Waals surface area contributed by atoms with Crippen LogP contribution in [0.25, 0.3) is 21.5 Å². The van der Waals surface area contributed by atoms with Crippen molar-refractivity contribution in [3.63, 3.8) is 0 Å². The zero-order valence-electron chi connectivity index (χ0n) is 35.9. The summed E-state index contributed by atoms with van der Waals surface area (Å²) >= 11 is 0. The molecule has 7 aromatic carbocycles. The number of nitrogens with zero attached hydrogens (tertiary/aromatic N) is 1. The number of benzene rings is 7. The van der Waals surface area contributed by atoms with Crippen LogP contribution in [0, 0.1) is 25.2 Å². The third-order valence-corrected chi connectivity index (χ3v) is 10.5. The lowest BCUT2D eigenvalue weighted by Crippen LogP contribution is -2.01. The first-order chi connectivity index (χ1) is 30.1. The summed E-state index contributed by atoms with van der Waals surface area (Å²) in [5.41, 5.74) is 8.05. The van der Waals surface area contributed by atoms with Gasteiger partial charge in [0.25, 0.3) is 0 Å². The van der Waals surface area contributed by atoms with E-state index in [-0.39, 0.29) is 5.78 Å². The monoisotopic (exact) mass is 817 g/mol. The van der Waals surface area contributed by atoms with Crippen LogP contribution in [0.15, 0.2) is 166 Å². The van der Waals surface area contributed by atoms with E-state index in [2.05, 4.69) is 62.7 Å². The molecular weight excluding hydrogens is 767 g/mol. The largest absolute Gasteiger partial charge is 0.496 e. The Balaban J connectivity index is 0.000000211. The fourth-order valence-electron chi connectivity index (χ4n) is 7.30. The summed E-state index contributed by atoms with van der Waals surface area (Å²) in [4.78, 5) is 12.8. The Hall–Kier alpha value is -7.62. The van der Waals surface area contributed by atoms with Crippen LogP contribution < -0.4 is 18.9 Å². The first-order valence-electron chi connectivity index (χ1n) is 20.4. The summed E-state index contributed by atoms with van der Waals surface area (Å²) in [7, 11) is 3.36. The Labute approximate surface area is 365 Å². The average molecular weight is 818 g/mol. The molecule has 0 spiro atoms. The highest BCUT2D eigenvalue weighted by Crippen LogP contribution is 2.37. The van der Waals surface area contributed by atoms with E-state index >= 15 is 0 Å². The minimum atomic E-state index is -0.00621. The molecule has 0 saturated heterocycles. The molecule has 0 heterocycles. The van der Waals surface area contributed by atoms with Gasteiger partial charge in [-0.15, -0.1) is 26.3 Å². The first kappa shape index (κ1) is 43.9. The van der Waals surface area contributed by atoms with E-state index in [1.807, 2.05) is 111 Å². The standard InChI is InChI=1S/C31H28O3.C25H23NO2/c1-5-7-24-17-27-20-30(25(8-6-2)18-26(27)19-29(24)33-4)34-28-15-13-23(14-16-28)31(32)22-11-9-21(3)10-12-22;1-5-8-18-12-21-15-25(28-23-11-7-10-17(3)22(23)16-26)19(9-6-2)13-20(21)14-24(18)27-4/h5-6,9-20H,1-2,7-8H2,3-4H3;5-7,10-15H,1-2,8-9H2,3-4H3. The quantitative estimate of drug-likeness (QED) is 0.0714. The Morgan fingerprint density at radius 3 is 1.35 bits per heavy atom. The third-order valence-electron chi connectivity index (χ3n) is 10.5. The Morgan fingerprint density at radius 1 is 0.532 bits per heavy atom. The number of methoxy groups -OCH3 is 2. The van der Waals surface area contributed by atoms with Gasteiger partial charge in [-0.1, -0.05) is 66.3 Å². The van der Waals surface area contributed by atoms with Gasteiger partial charge in [-0.3, -0.25) is 4.79 Å². The molecule has 0 aliphatic carbocycles. The smallest absolute Gasteiger partial charge is 0.193 e. The highest BCUT2D eigenvalue weighted by atomic mass is 16.5. The maximum atomic E-state index is 12.8. The van der Waals surface area contributed by atoms with Gasteiger partial charge in [-0.05, 0) is 168 Å². The molecule has 0 N–H and O–H groups in total. The molecule has 0 bridgehead atoms. The van der Waals surface area contributed by atoms with Crippen LogP contribution >= 0.6 is 0 Å². The summed E-state index contributed by atoms with van der Waals surface area (Å²) < 4.78 is 23.6. The van der Waals surface area contributed by atoms with E-state index in [1.54, 1.807) is 26.4 Å². The molecule has 0 amide bonds. The number of rotatable bonds is 16. The molecule has 310 valence electrons. The number of ether oxygens (including phenoxy) is 4. The Kier molecular flexibility index (Phi) is 14.6. The normalized spacial score (nSPS) is 10.5. The summed E-state index contributed by atoms with van der Waals surface area (Å²) in [6.07, 6.45) is 10.2. The number of hydrogen-bond donors (Lipinski definition) is 0. The molecule has 7 aromatic rings. The fraction of sp³-hybridized carbons (Fsp3) is 0.143. The van der Waals surface area contributed by atoms with E-state index in [1.165, 1.54) is 0 Å². The molecule has 6 heteroatoms. The second-order valence-corrected chi connectivity index (χ2v) is 14.9. The third kappa shape index (κ3) is 10.2. The fourth-order valence-corrected chi connectivity index (χ4v) is 7.30. The summed E-state index contributed by atoms with van der Waals surface area (Å²) in [6.45, 7) is 19.3. The summed E-state index contributed by atoms with van der Waals surface area (Å²) in [5.74, 6) is 4.41. The van der Waals surface area contributed by atoms with Crippen molar-refractivity contribution < 1.29 is 23.7 Å². The number of allylic oxidation sites excluding steroid dienone is 4. The van der Waals surface area contributed by atoms with Gasteiger partial charge in [-0.25, -0.2) is 0 Å². The van der Waals surface area contributed by atoms with Gasteiger partial charge in [0.15, 0.2) is 5.78 Å². The van der Waals surface area contributed by atoms with E-state index in [4.69, 9.17) is 18.9 Å². The van der Waals surface area contributed by atoms with Gasteiger partial charge in [0.2, 0.25) is 0 Å². The first-order valence-corrected chi connectivity index (χ1v) is 20.4. The van der Waals surface area contributed by atoms with Crippen LogP contribution in [0.3, 0.4) is 0 Å². The number of ketones is 1. The van der Waals surface area contributed by atoms with Crippen LogP contribution in [0.2, 0.25) is 0 Å². The van der Waals surface area contributed by atoms with Crippen LogP contribution in [0.1, 0.15) is 54.9 Å². The lowest BCUT2D eigenvalue weighted by Gasteiger charge is -2.15. The number of carbonyl (C=O) groups excluding carboxylic acids is 1. The average Bonchev–Trinajstić information content (AvgIpc) is 3.27. The zero-order chi connectivity index (χ0) is 44.2. The zero-order valence-corrected chi connectivity index (χ0v) is 35.9. The highest BCUT2D eigenvalue weighted by Gasteiger charge is 2.15. The molecule has 7 rings (SSSR count). The van der Waals surface area contributed by atoms with Crippen molar-refractivity contribution in [2.75, 3.05) is 14.2 Å². The van der Waals surface area contributed by atoms with Gasteiger partial charge >= 0.3 is 0 Å².